The molecule has 0 rings (SSSR count). The molecule has 123 heavy (non-hydrogen) atoms. The molecule has 0 heterocycles. The molecule has 0 saturated carbocycles. The van der Waals surface area contributed by atoms with Gasteiger partial charge in [0, 0.05) is 5.41 Å². The lowest BCUT2D eigenvalue weighted by molar-refractivity contribution is -0.154. The number of rotatable bonds is 95. The van der Waals surface area contributed by atoms with E-state index in [0.717, 1.165) is 0 Å². The largest absolute Gasteiger partial charge is 0.394 e. The normalized spacial score (nSPS) is 18.6. The van der Waals surface area contributed by atoms with E-state index in [1.165, 1.54) is 6.92 Å². The fourth-order valence-corrected chi connectivity index (χ4v) is 9.57. The number of hydrogen-bond acceptors (Lipinski definition) is 48. The second kappa shape index (κ2) is 80.9. The first kappa shape index (κ1) is 121. The van der Waals surface area contributed by atoms with Crippen LogP contribution in [-0.4, -0.2) is 585 Å². The Hall–Kier alpha value is -1.92. The van der Waals surface area contributed by atoms with Crippen LogP contribution in [0.5, 0.6) is 0 Å². The van der Waals surface area contributed by atoms with Crippen LogP contribution in [0.1, 0.15) is 20.3 Å². The average molecular weight is 1820 g/mol. The molecule has 0 aliphatic rings. The standard InChI is InChI=1S/C75H152O48/c1-3-75(49-112-45-71(120-29-63(98)21-102-16-53(88)4-76)42-109-38-68(117-26-60(95)11-83)34-104-18-55(90)6-78,50-113-46-72(41-108-37-67(33-101-15-52(2)87)116-25-59(94)10-82)121-30-65(100)23-107-32-66(14-86)115-24-58(93)9-81)51-114-47-73(43-110-39-69(118-27-61(96)12-84)35-105-19-56(91)7-79)123-48-74(122-31-64(99)22-103-17-54(89)5-77)44-111-40-70(119-28-62(97)13-85)36-106-20-57(92)8-80/h52-74,76-100H,3-51H2,1-2H3. The molecule has 24 atom stereocenters. The third-order valence-electron chi connectivity index (χ3n) is 16.7. The molecule has 0 aromatic carbocycles. The van der Waals surface area contributed by atoms with E-state index in [0.29, 0.717) is 0 Å². The molecule has 0 radical (unpaired) electrons. The van der Waals surface area contributed by atoms with E-state index in [9.17, 15) is 128 Å². The van der Waals surface area contributed by atoms with Gasteiger partial charge in [0.2, 0.25) is 0 Å². The highest BCUT2D eigenvalue weighted by atomic mass is 16.6. The number of ether oxygens (including phenoxy) is 23. The average Bonchev–Trinajstić information content (AvgIpc) is 0.865. The molecular weight excluding hydrogens is 1670 g/mol. The zero-order valence-corrected chi connectivity index (χ0v) is 71.0. The molecule has 48 heteroatoms. The minimum Gasteiger partial charge on any atom is -0.394 e. The lowest BCUT2D eigenvalue weighted by Crippen LogP contribution is -2.42. The molecule has 48 nitrogen and oxygen atoms in total. The van der Waals surface area contributed by atoms with Crippen LogP contribution >= 0.6 is 0 Å². The smallest absolute Gasteiger partial charge is 0.104 e. The Morgan fingerprint density at radius 2 is 0.309 bits per heavy atom. The van der Waals surface area contributed by atoms with Gasteiger partial charge in [-0.2, -0.15) is 0 Å². The second-order valence-corrected chi connectivity index (χ2v) is 29.3. The van der Waals surface area contributed by atoms with Crippen LogP contribution in [-0.2, 0) is 109 Å². The van der Waals surface area contributed by atoms with Gasteiger partial charge in [0.15, 0.2) is 0 Å². The van der Waals surface area contributed by atoms with Crippen LogP contribution in [0.15, 0.2) is 0 Å². The molecule has 0 aromatic heterocycles. The summed E-state index contributed by atoms with van der Waals surface area (Å²) >= 11 is 0. The third-order valence-corrected chi connectivity index (χ3v) is 16.7. The Balaban J connectivity index is 8.19. The summed E-state index contributed by atoms with van der Waals surface area (Å²) in [4.78, 5) is 0. The van der Waals surface area contributed by atoms with Gasteiger partial charge >= 0.3 is 0 Å². The van der Waals surface area contributed by atoms with Crippen molar-refractivity contribution < 1.29 is 237 Å². The molecule has 24 unspecified atom stereocenters. The molecule has 0 saturated heterocycles. The maximum Gasteiger partial charge on any atom is 0.104 e. The highest BCUT2D eigenvalue weighted by molar-refractivity contribution is 4.80. The molecule has 0 aliphatic carbocycles. The quantitative estimate of drug-likeness (QED) is 0.0269. The van der Waals surface area contributed by atoms with E-state index in [-0.39, 0.29) is 218 Å². The van der Waals surface area contributed by atoms with Gasteiger partial charge in [-0.25, -0.2) is 0 Å². The van der Waals surface area contributed by atoms with E-state index in [1.807, 2.05) is 0 Å². The maximum atomic E-state index is 11.2. The van der Waals surface area contributed by atoms with Crippen molar-refractivity contribution in [1.29, 1.82) is 0 Å². The third kappa shape index (κ3) is 69.6. The summed E-state index contributed by atoms with van der Waals surface area (Å²) in [6.07, 6.45) is -26.6. The minimum absolute atomic E-state index is 0.102. The summed E-state index contributed by atoms with van der Waals surface area (Å²) < 4.78 is 136. The van der Waals surface area contributed by atoms with Crippen LogP contribution in [0.4, 0.5) is 0 Å². The topological polar surface area (TPSA) is 718 Å². The van der Waals surface area contributed by atoms with Gasteiger partial charge in [0.1, 0.15) is 134 Å². The Morgan fingerprint density at radius 3 is 0.512 bits per heavy atom. The highest BCUT2D eigenvalue weighted by Crippen LogP contribution is 2.26. The van der Waals surface area contributed by atoms with E-state index in [1.54, 1.807) is 6.92 Å². The summed E-state index contributed by atoms with van der Waals surface area (Å²) in [6.45, 7) is -15.4. The highest BCUT2D eigenvalue weighted by Gasteiger charge is 2.34. The Labute approximate surface area is 717 Å². The lowest BCUT2D eigenvalue weighted by atomic mass is 9.88. The molecular formula is C75H152O48. The molecule has 0 aliphatic heterocycles. The predicted octanol–water partition coefficient (Wildman–Crippen LogP) is -13.9. The molecule has 0 amide bonds. The van der Waals surface area contributed by atoms with Crippen molar-refractivity contribution in [2.24, 2.45) is 5.41 Å². The van der Waals surface area contributed by atoms with Crippen LogP contribution in [0, 0.1) is 5.41 Å². The Morgan fingerprint density at radius 1 is 0.163 bits per heavy atom. The molecule has 740 valence electrons. The first-order valence-corrected chi connectivity index (χ1v) is 41.0. The first-order chi connectivity index (χ1) is 59.1. The second-order valence-electron chi connectivity index (χ2n) is 29.3. The van der Waals surface area contributed by atoms with Crippen LogP contribution in [0.3, 0.4) is 0 Å². The van der Waals surface area contributed by atoms with Gasteiger partial charge < -0.3 is 237 Å². The van der Waals surface area contributed by atoms with Gasteiger partial charge in [-0.05, 0) is 13.3 Å². The molecule has 0 bridgehead atoms. The van der Waals surface area contributed by atoms with E-state index in [2.05, 4.69) is 0 Å². The summed E-state index contributed by atoms with van der Waals surface area (Å²) in [7, 11) is 0. The van der Waals surface area contributed by atoms with Crippen molar-refractivity contribution in [3.63, 3.8) is 0 Å². The van der Waals surface area contributed by atoms with Crippen LogP contribution < -0.4 is 0 Å². The zero-order chi connectivity index (χ0) is 91.7. The van der Waals surface area contributed by atoms with Crippen molar-refractivity contribution in [2.45, 2.75) is 161 Å². The molecule has 0 aromatic rings. The number of aliphatic hydroxyl groups excluding tert-OH is 25. The monoisotopic (exact) mass is 1820 g/mol. The summed E-state index contributed by atoms with van der Waals surface area (Å²) in [5.41, 5.74) is -1.24. The fraction of sp³-hybridized carbons (Fsp3) is 1.00. The van der Waals surface area contributed by atoms with Gasteiger partial charge in [0.25, 0.3) is 0 Å². The van der Waals surface area contributed by atoms with E-state index < -0.39 is 252 Å². The molecule has 0 spiro atoms. The summed E-state index contributed by atoms with van der Waals surface area (Å²) in [5.74, 6) is 0. The first-order valence-electron chi connectivity index (χ1n) is 41.0. The van der Waals surface area contributed by atoms with Gasteiger partial charge in [0.05, 0.1) is 323 Å². The predicted molar refractivity (Wildman–Crippen MR) is 420 cm³/mol. The van der Waals surface area contributed by atoms with Crippen LogP contribution in [0.2, 0.25) is 0 Å². The zero-order valence-electron chi connectivity index (χ0n) is 71.0. The van der Waals surface area contributed by atoms with Crippen molar-refractivity contribution in [1.82, 2.24) is 0 Å². The molecule has 0 fully saturated rings. The fourth-order valence-electron chi connectivity index (χ4n) is 9.57. The van der Waals surface area contributed by atoms with E-state index >= 15 is 0 Å². The summed E-state index contributed by atoms with van der Waals surface area (Å²) in [5, 5.41) is 247. The lowest BCUT2D eigenvalue weighted by Gasteiger charge is -2.34. The summed E-state index contributed by atoms with van der Waals surface area (Å²) in [6, 6.07) is 0. The molecule has 25 N–H and O–H groups in total. The number of aliphatic hydroxyl groups is 25. The minimum atomic E-state index is -1.34. The van der Waals surface area contributed by atoms with Crippen LogP contribution in [0.25, 0.3) is 0 Å². The van der Waals surface area contributed by atoms with Gasteiger partial charge in [-0.3, -0.25) is 0 Å². The maximum absolute atomic E-state index is 11.2. The van der Waals surface area contributed by atoms with Crippen molar-refractivity contribution in [3.8, 4) is 0 Å². The Kier molecular flexibility index (Phi) is 79.6. The SMILES string of the molecule is CCC(COCC(COCC(COCC(C)O)OCC(O)CO)OCC(O)COCC(CO)OCC(O)CO)(COCC(COCC(COCC(O)CO)OCC(O)CO)OCC(O)COCC(O)CO)COCC(COCC(COCC(O)CO)OCC(O)CO)OCC(COCC(COCC(O)CO)OCC(O)CO)OCC(O)COCC(O)CO. The van der Waals surface area contributed by atoms with Crippen molar-refractivity contribution in [2.75, 3.05) is 317 Å². The van der Waals surface area contributed by atoms with Crippen molar-refractivity contribution >= 4 is 0 Å². The van der Waals surface area contributed by atoms with E-state index in [4.69, 9.17) is 109 Å². The van der Waals surface area contributed by atoms with Gasteiger partial charge in [-0.15, -0.1) is 0 Å². The van der Waals surface area contributed by atoms with Gasteiger partial charge in [-0.1, -0.05) is 6.92 Å². The number of hydrogen-bond donors (Lipinski definition) is 25. The Bertz CT molecular complexity index is 2230. The van der Waals surface area contributed by atoms with Crippen molar-refractivity contribution in [3.05, 3.63) is 0 Å².